The van der Waals surface area contributed by atoms with Gasteiger partial charge in [-0.05, 0) is 12.2 Å². The molecular formula is C6H13NS. The van der Waals surface area contributed by atoms with Crippen LogP contribution in [0.3, 0.4) is 0 Å². The Morgan fingerprint density at radius 2 is 2.38 bits per heavy atom. The van der Waals surface area contributed by atoms with E-state index < -0.39 is 0 Å². The van der Waals surface area contributed by atoms with Crippen molar-refractivity contribution in [2.45, 2.75) is 13.3 Å². The minimum atomic E-state index is 1.07. The highest BCUT2D eigenvalue weighted by Crippen LogP contribution is 1.98. The highest BCUT2D eigenvalue weighted by Gasteiger charge is 1.78. The van der Waals surface area contributed by atoms with E-state index in [4.69, 9.17) is 0 Å². The highest BCUT2D eigenvalue weighted by atomic mass is 32.2. The third kappa shape index (κ3) is 6.02. The van der Waals surface area contributed by atoms with Gasteiger partial charge in [-0.15, -0.1) is 0 Å². The van der Waals surface area contributed by atoms with Crippen LogP contribution < -0.4 is 0 Å². The zero-order valence-corrected chi connectivity index (χ0v) is 6.37. The predicted molar refractivity (Wildman–Crippen MR) is 42.0 cm³/mol. The van der Waals surface area contributed by atoms with Crippen LogP contribution in [0.2, 0.25) is 0 Å². The normalized spacial score (nSPS) is 10.8. The molecule has 0 N–H and O–H groups in total. The molecule has 0 saturated heterocycles. The molecule has 0 saturated carbocycles. The SMILES string of the molecule is CCCSCC=NC. The van der Waals surface area contributed by atoms with Crippen LogP contribution in [0.1, 0.15) is 13.3 Å². The van der Waals surface area contributed by atoms with Gasteiger partial charge in [0, 0.05) is 19.0 Å². The van der Waals surface area contributed by atoms with E-state index in [1.165, 1.54) is 12.2 Å². The zero-order valence-electron chi connectivity index (χ0n) is 5.55. The van der Waals surface area contributed by atoms with Crippen LogP contribution in [0.15, 0.2) is 4.99 Å². The lowest BCUT2D eigenvalue weighted by atomic mass is 10.6. The fourth-order valence-corrected chi connectivity index (χ4v) is 1.06. The monoisotopic (exact) mass is 131 g/mol. The maximum absolute atomic E-state index is 3.86. The van der Waals surface area contributed by atoms with Gasteiger partial charge >= 0.3 is 0 Å². The second-order valence-corrected chi connectivity index (χ2v) is 2.67. The summed E-state index contributed by atoms with van der Waals surface area (Å²) in [5, 5.41) is 0. The summed E-state index contributed by atoms with van der Waals surface area (Å²) in [7, 11) is 1.81. The minimum Gasteiger partial charge on any atom is -0.300 e. The van der Waals surface area contributed by atoms with Crippen molar-refractivity contribution in [1.29, 1.82) is 0 Å². The van der Waals surface area contributed by atoms with Gasteiger partial charge in [0.2, 0.25) is 0 Å². The van der Waals surface area contributed by atoms with Gasteiger partial charge in [-0.2, -0.15) is 11.8 Å². The van der Waals surface area contributed by atoms with Crippen molar-refractivity contribution in [2.75, 3.05) is 18.6 Å². The molecule has 0 aliphatic rings. The molecule has 0 fully saturated rings. The summed E-state index contributed by atoms with van der Waals surface area (Å²) in [6.07, 6.45) is 3.21. The Morgan fingerprint density at radius 3 is 2.88 bits per heavy atom. The van der Waals surface area contributed by atoms with Crippen LogP contribution in [-0.2, 0) is 0 Å². The lowest BCUT2D eigenvalue weighted by Crippen LogP contribution is -1.80. The smallest absolute Gasteiger partial charge is 0.0284 e. The molecule has 0 heterocycles. The van der Waals surface area contributed by atoms with E-state index in [2.05, 4.69) is 11.9 Å². The lowest BCUT2D eigenvalue weighted by molar-refractivity contribution is 1.11. The van der Waals surface area contributed by atoms with Crippen LogP contribution >= 0.6 is 11.8 Å². The highest BCUT2D eigenvalue weighted by molar-refractivity contribution is 7.99. The van der Waals surface area contributed by atoms with Crippen molar-refractivity contribution in [3.63, 3.8) is 0 Å². The number of rotatable bonds is 4. The van der Waals surface area contributed by atoms with E-state index in [0.717, 1.165) is 5.75 Å². The van der Waals surface area contributed by atoms with Crippen molar-refractivity contribution in [2.24, 2.45) is 4.99 Å². The van der Waals surface area contributed by atoms with Gasteiger partial charge in [-0.1, -0.05) is 6.92 Å². The number of hydrogen-bond donors (Lipinski definition) is 0. The molecule has 0 spiro atoms. The Kier molecular flexibility index (Phi) is 7.04. The summed E-state index contributed by atoms with van der Waals surface area (Å²) in [6.45, 7) is 2.19. The van der Waals surface area contributed by atoms with Crippen LogP contribution in [-0.4, -0.2) is 24.8 Å². The minimum absolute atomic E-state index is 1.07. The molecule has 0 atom stereocenters. The molecule has 0 rings (SSSR count). The fraction of sp³-hybridized carbons (Fsp3) is 0.833. The quantitative estimate of drug-likeness (QED) is 0.419. The van der Waals surface area contributed by atoms with Gasteiger partial charge in [-0.25, -0.2) is 0 Å². The van der Waals surface area contributed by atoms with E-state index in [1.54, 1.807) is 0 Å². The van der Waals surface area contributed by atoms with Crippen molar-refractivity contribution >= 4 is 18.0 Å². The first kappa shape index (κ1) is 8.02. The summed E-state index contributed by atoms with van der Waals surface area (Å²) in [6, 6.07) is 0. The van der Waals surface area contributed by atoms with Gasteiger partial charge < -0.3 is 0 Å². The molecule has 8 heavy (non-hydrogen) atoms. The Bertz CT molecular complexity index is 61.5. The number of nitrogens with zero attached hydrogens (tertiary/aromatic N) is 1. The summed E-state index contributed by atoms with van der Waals surface area (Å²) in [5.74, 6) is 2.33. The van der Waals surface area contributed by atoms with Gasteiger partial charge in [0.25, 0.3) is 0 Å². The van der Waals surface area contributed by atoms with E-state index in [-0.39, 0.29) is 0 Å². The molecule has 0 aromatic rings. The Hall–Kier alpha value is 0.0200. The second kappa shape index (κ2) is 7.02. The largest absolute Gasteiger partial charge is 0.300 e. The van der Waals surface area contributed by atoms with Gasteiger partial charge in [0.15, 0.2) is 0 Å². The Balaban J connectivity index is 2.72. The standard InChI is InChI=1S/C6H13NS/c1-3-5-8-6-4-7-2/h4H,3,5-6H2,1-2H3. The first-order valence-electron chi connectivity index (χ1n) is 2.90. The number of hydrogen-bond acceptors (Lipinski definition) is 2. The first-order chi connectivity index (χ1) is 3.91. The van der Waals surface area contributed by atoms with Crippen LogP contribution in [0.25, 0.3) is 0 Å². The van der Waals surface area contributed by atoms with E-state index in [9.17, 15) is 0 Å². The van der Waals surface area contributed by atoms with E-state index in [1.807, 2.05) is 25.0 Å². The molecule has 48 valence electrons. The van der Waals surface area contributed by atoms with Gasteiger partial charge in [0.1, 0.15) is 0 Å². The molecular weight excluding hydrogens is 118 g/mol. The molecule has 0 aromatic carbocycles. The van der Waals surface area contributed by atoms with Gasteiger partial charge in [-0.3, -0.25) is 4.99 Å². The summed E-state index contributed by atoms with van der Waals surface area (Å²) >= 11 is 1.93. The van der Waals surface area contributed by atoms with E-state index in [0.29, 0.717) is 0 Å². The summed E-state index contributed by atoms with van der Waals surface area (Å²) in [4.78, 5) is 3.86. The van der Waals surface area contributed by atoms with Crippen molar-refractivity contribution in [1.82, 2.24) is 0 Å². The lowest BCUT2D eigenvalue weighted by Gasteiger charge is -1.89. The zero-order chi connectivity index (χ0) is 6.24. The molecule has 0 aliphatic heterocycles. The average Bonchev–Trinajstić information content (AvgIpc) is 1.81. The van der Waals surface area contributed by atoms with Crippen molar-refractivity contribution in [3.8, 4) is 0 Å². The second-order valence-electron chi connectivity index (χ2n) is 1.52. The van der Waals surface area contributed by atoms with E-state index >= 15 is 0 Å². The maximum atomic E-state index is 3.86. The third-order valence-corrected chi connectivity index (χ3v) is 1.81. The van der Waals surface area contributed by atoms with Crippen molar-refractivity contribution in [3.05, 3.63) is 0 Å². The number of thioether (sulfide) groups is 1. The summed E-state index contributed by atoms with van der Waals surface area (Å²) < 4.78 is 0. The maximum Gasteiger partial charge on any atom is 0.0284 e. The third-order valence-electron chi connectivity index (χ3n) is 0.723. The predicted octanol–water partition coefficient (Wildman–Crippen LogP) is 1.83. The molecule has 1 nitrogen and oxygen atoms in total. The van der Waals surface area contributed by atoms with Crippen LogP contribution in [0, 0.1) is 0 Å². The summed E-state index contributed by atoms with van der Waals surface area (Å²) in [5.41, 5.74) is 0. The number of aliphatic imine (C=N–C) groups is 1. The average molecular weight is 131 g/mol. The molecule has 0 aliphatic carbocycles. The Morgan fingerprint density at radius 1 is 1.62 bits per heavy atom. The molecule has 0 unspecified atom stereocenters. The van der Waals surface area contributed by atoms with Crippen LogP contribution in [0.5, 0.6) is 0 Å². The molecule has 0 aromatic heterocycles. The Labute approximate surface area is 55.6 Å². The van der Waals surface area contributed by atoms with Crippen molar-refractivity contribution < 1.29 is 0 Å². The molecule has 2 heteroatoms. The molecule has 0 amide bonds. The van der Waals surface area contributed by atoms with Crippen LogP contribution in [0.4, 0.5) is 0 Å². The molecule has 0 radical (unpaired) electrons. The first-order valence-corrected chi connectivity index (χ1v) is 4.05. The molecule has 0 bridgehead atoms. The topological polar surface area (TPSA) is 12.4 Å². The van der Waals surface area contributed by atoms with Gasteiger partial charge in [0.05, 0.1) is 0 Å². The fourth-order valence-electron chi connectivity index (χ4n) is 0.355.